The molecule has 0 saturated carbocycles. The highest BCUT2D eigenvalue weighted by Gasteiger charge is 2.30. The molecule has 23 heavy (non-hydrogen) atoms. The molecule has 0 spiro atoms. The van der Waals surface area contributed by atoms with Crippen LogP contribution in [0.1, 0.15) is 32.3 Å². The van der Waals surface area contributed by atoms with Crippen LogP contribution in [0.25, 0.3) is 0 Å². The van der Waals surface area contributed by atoms with Crippen molar-refractivity contribution in [3.8, 4) is 0 Å². The standard InChI is InChI=1S/C18H23N3O2/c1-4-18(5-2,15-9-7-6-8-10-15)21-16(22)13-23-17-11-12-19-14(3)20-17/h6-12,20H,3-5,13H2,1-2H3,(H,21,22). The zero-order valence-electron chi connectivity index (χ0n) is 13.6. The van der Waals surface area contributed by atoms with Crippen molar-refractivity contribution in [1.29, 1.82) is 0 Å². The zero-order chi connectivity index (χ0) is 16.7. The van der Waals surface area contributed by atoms with Gasteiger partial charge in [-0.15, -0.1) is 0 Å². The van der Waals surface area contributed by atoms with E-state index in [2.05, 4.69) is 36.1 Å². The Morgan fingerprint density at radius 3 is 2.61 bits per heavy atom. The first-order valence-corrected chi connectivity index (χ1v) is 7.79. The number of ether oxygens (including phenoxy) is 1. The Labute approximate surface area is 137 Å². The Balaban J connectivity index is 2.00. The van der Waals surface area contributed by atoms with Crippen molar-refractivity contribution < 1.29 is 9.53 Å². The van der Waals surface area contributed by atoms with E-state index in [1.54, 1.807) is 12.3 Å². The third-order valence-electron chi connectivity index (χ3n) is 3.99. The highest BCUT2D eigenvalue weighted by atomic mass is 16.5. The van der Waals surface area contributed by atoms with Gasteiger partial charge in [-0.1, -0.05) is 50.8 Å². The SMILES string of the molecule is C=C1N=CC=C(OCC(=O)NC(CC)(CC)c2ccccc2)N1. The third kappa shape index (κ3) is 4.22. The van der Waals surface area contributed by atoms with Crippen LogP contribution >= 0.6 is 0 Å². The van der Waals surface area contributed by atoms with E-state index in [-0.39, 0.29) is 18.1 Å². The van der Waals surface area contributed by atoms with Crippen LogP contribution < -0.4 is 10.6 Å². The van der Waals surface area contributed by atoms with Crippen LogP contribution in [-0.4, -0.2) is 18.7 Å². The summed E-state index contributed by atoms with van der Waals surface area (Å²) in [5.74, 6) is 0.801. The lowest BCUT2D eigenvalue weighted by Gasteiger charge is -2.33. The number of carbonyl (C=O) groups is 1. The highest BCUT2D eigenvalue weighted by Crippen LogP contribution is 2.28. The van der Waals surface area contributed by atoms with Gasteiger partial charge in [0.2, 0.25) is 0 Å². The maximum Gasteiger partial charge on any atom is 0.258 e. The normalized spacial score (nSPS) is 14.0. The lowest BCUT2D eigenvalue weighted by molar-refractivity contribution is -0.126. The molecule has 1 aromatic carbocycles. The second kappa shape index (κ2) is 7.63. The van der Waals surface area contributed by atoms with Crippen molar-refractivity contribution in [3.63, 3.8) is 0 Å². The largest absolute Gasteiger partial charge is 0.469 e. The van der Waals surface area contributed by atoms with Crippen molar-refractivity contribution >= 4 is 12.1 Å². The molecular weight excluding hydrogens is 290 g/mol. The number of benzene rings is 1. The molecule has 0 fully saturated rings. The van der Waals surface area contributed by atoms with Crippen molar-refractivity contribution in [2.45, 2.75) is 32.2 Å². The monoisotopic (exact) mass is 313 g/mol. The van der Waals surface area contributed by atoms with Crippen LogP contribution in [0.4, 0.5) is 0 Å². The Morgan fingerprint density at radius 1 is 1.30 bits per heavy atom. The smallest absolute Gasteiger partial charge is 0.258 e. The zero-order valence-corrected chi connectivity index (χ0v) is 13.6. The highest BCUT2D eigenvalue weighted by molar-refractivity contribution is 5.79. The topological polar surface area (TPSA) is 62.7 Å². The van der Waals surface area contributed by atoms with E-state index < -0.39 is 0 Å². The molecule has 0 saturated heterocycles. The predicted molar refractivity (Wildman–Crippen MR) is 91.6 cm³/mol. The van der Waals surface area contributed by atoms with Gasteiger partial charge in [0.05, 0.1) is 5.54 Å². The molecule has 5 heteroatoms. The predicted octanol–water partition coefficient (Wildman–Crippen LogP) is 2.82. The fourth-order valence-electron chi connectivity index (χ4n) is 2.61. The summed E-state index contributed by atoms with van der Waals surface area (Å²) in [7, 11) is 0. The average Bonchev–Trinajstić information content (AvgIpc) is 2.59. The van der Waals surface area contributed by atoms with Crippen molar-refractivity contribution in [2.24, 2.45) is 4.99 Å². The molecule has 1 aliphatic heterocycles. The summed E-state index contributed by atoms with van der Waals surface area (Å²) in [5.41, 5.74) is 0.732. The van der Waals surface area contributed by atoms with Gasteiger partial charge in [0.25, 0.3) is 5.91 Å². The number of allylic oxidation sites excluding steroid dienone is 1. The Morgan fingerprint density at radius 2 is 2.00 bits per heavy atom. The van der Waals surface area contributed by atoms with Gasteiger partial charge in [-0.25, -0.2) is 4.99 Å². The van der Waals surface area contributed by atoms with Crippen molar-refractivity contribution in [3.05, 3.63) is 60.3 Å². The Kier molecular flexibility index (Phi) is 5.57. The van der Waals surface area contributed by atoms with E-state index in [1.807, 2.05) is 30.3 Å². The van der Waals surface area contributed by atoms with Gasteiger partial charge >= 0.3 is 0 Å². The van der Waals surface area contributed by atoms with Gasteiger partial charge in [0, 0.05) is 12.3 Å². The Bertz CT molecular complexity index is 616. The molecule has 1 aliphatic rings. The minimum absolute atomic E-state index is 0.0610. The van der Waals surface area contributed by atoms with Gasteiger partial charge < -0.3 is 15.4 Å². The molecule has 2 N–H and O–H groups in total. The molecule has 0 bridgehead atoms. The minimum Gasteiger partial charge on any atom is -0.469 e. The van der Waals surface area contributed by atoms with E-state index in [1.165, 1.54) is 0 Å². The molecule has 0 aromatic heterocycles. The summed E-state index contributed by atoms with van der Waals surface area (Å²) in [6, 6.07) is 10.0. The molecule has 2 rings (SSSR count). The van der Waals surface area contributed by atoms with Crippen LogP contribution in [0.15, 0.2) is 59.7 Å². The number of aliphatic imine (C=N–C) groups is 1. The fraction of sp³-hybridized carbons (Fsp3) is 0.333. The summed E-state index contributed by atoms with van der Waals surface area (Å²) in [5, 5.41) is 5.98. The molecule has 1 amide bonds. The number of carbonyl (C=O) groups excluding carboxylic acids is 1. The number of hydrogen-bond acceptors (Lipinski definition) is 4. The van der Waals surface area contributed by atoms with Crippen molar-refractivity contribution in [2.75, 3.05) is 6.61 Å². The van der Waals surface area contributed by atoms with Crippen LogP contribution in [0.5, 0.6) is 0 Å². The first kappa shape index (κ1) is 16.8. The number of nitrogens with zero attached hydrogens (tertiary/aromatic N) is 1. The number of nitrogens with one attached hydrogen (secondary N) is 2. The molecule has 1 heterocycles. The van der Waals surface area contributed by atoms with Gasteiger partial charge in [-0.3, -0.25) is 4.79 Å². The summed E-state index contributed by atoms with van der Waals surface area (Å²) in [4.78, 5) is 16.3. The molecule has 0 aliphatic carbocycles. The minimum atomic E-state index is -0.374. The molecule has 0 atom stereocenters. The van der Waals surface area contributed by atoms with Gasteiger partial charge in [0.15, 0.2) is 12.5 Å². The molecule has 0 unspecified atom stereocenters. The molecule has 122 valence electrons. The lowest BCUT2D eigenvalue weighted by Crippen LogP contribution is -2.46. The fourth-order valence-corrected chi connectivity index (χ4v) is 2.61. The quantitative estimate of drug-likeness (QED) is 0.813. The summed E-state index contributed by atoms with van der Waals surface area (Å²) in [6.07, 6.45) is 4.86. The van der Waals surface area contributed by atoms with Gasteiger partial charge in [-0.05, 0) is 18.4 Å². The van der Waals surface area contributed by atoms with Crippen LogP contribution in [0.2, 0.25) is 0 Å². The first-order valence-electron chi connectivity index (χ1n) is 7.79. The second-order valence-electron chi connectivity index (χ2n) is 5.37. The molecular formula is C18H23N3O2. The number of rotatable bonds is 7. The molecule has 0 radical (unpaired) electrons. The summed E-state index contributed by atoms with van der Waals surface area (Å²) >= 11 is 0. The average molecular weight is 313 g/mol. The van der Waals surface area contributed by atoms with Crippen LogP contribution in [0, 0.1) is 0 Å². The second-order valence-corrected chi connectivity index (χ2v) is 5.37. The van der Waals surface area contributed by atoms with E-state index in [4.69, 9.17) is 4.74 Å². The van der Waals surface area contributed by atoms with Crippen molar-refractivity contribution in [1.82, 2.24) is 10.6 Å². The molecule has 5 nitrogen and oxygen atoms in total. The van der Waals surface area contributed by atoms with Crippen LogP contribution in [-0.2, 0) is 15.1 Å². The van der Waals surface area contributed by atoms with E-state index in [0.717, 1.165) is 18.4 Å². The van der Waals surface area contributed by atoms with E-state index in [0.29, 0.717) is 11.7 Å². The lowest BCUT2D eigenvalue weighted by atomic mass is 9.84. The number of hydrogen-bond donors (Lipinski definition) is 2. The van der Waals surface area contributed by atoms with Gasteiger partial charge in [0.1, 0.15) is 5.82 Å². The number of amides is 1. The molecule has 1 aromatic rings. The summed E-state index contributed by atoms with van der Waals surface area (Å²) in [6.45, 7) is 7.77. The Hall–Kier alpha value is -2.56. The van der Waals surface area contributed by atoms with E-state index in [9.17, 15) is 4.79 Å². The van der Waals surface area contributed by atoms with Crippen LogP contribution in [0.3, 0.4) is 0 Å². The summed E-state index contributed by atoms with van der Waals surface area (Å²) < 4.78 is 5.47. The maximum atomic E-state index is 12.3. The maximum absolute atomic E-state index is 12.3. The first-order chi connectivity index (χ1) is 11.1. The third-order valence-corrected chi connectivity index (χ3v) is 3.99. The van der Waals surface area contributed by atoms with Gasteiger partial charge in [-0.2, -0.15) is 0 Å². The van der Waals surface area contributed by atoms with E-state index >= 15 is 0 Å².